The lowest BCUT2D eigenvalue weighted by molar-refractivity contribution is 0.763. The van der Waals surface area contributed by atoms with Crippen molar-refractivity contribution in [3.63, 3.8) is 0 Å². The number of aromatic nitrogens is 3. The summed E-state index contributed by atoms with van der Waals surface area (Å²) in [5, 5.41) is 4.36. The van der Waals surface area contributed by atoms with Gasteiger partial charge in [-0.15, -0.1) is 0 Å². The molecule has 2 heterocycles. The molecule has 0 fully saturated rings. The molecule has 0 aromatic carbocycles. The van der Waals surface area contributed by atoms with Crippen LogP contribution in [0.4, 0.5) is 0 Å². The Morgan fingerprint density at radius 2 is 2.00 bits per heavy atom. The summed E-state index contributed by atoms with van der Waals surface area (Å²) in [5.74, 6) is 0. The molecule has 0 N–H and O–H groups in total. The van der Waals surface area contributed by atoms with Crippen LogP contribution in [0.5, 0.6) is 0 Å². The Labute approximate surface area is 96.1 Å². The first-order valence-corrected chi connectivity index (χ1v) is 5.58. The Morgan fingerprint density at radius 3 is 2.50 bits per heavy atom. The van der Waals surface area contributed by atoms with Crippen LogP contribution in [0.25, 0.3) is 11.3 Å². The molecular weight excluding hydrogens is 198 g/mol. The van der Waals surface area contributed by atoms with Crippen LogP contribution in [-0.2, 0) is 13.5 Å². The Bertz CT molecular complexity index is 512. The van der Waals surface area contributed by atoms with Gasteiger partial charge in [0.05, 0.1) is 11.4 Å². The fourth-order valence-corrected chi connectivity index (χ4v) is 1.94. The molecule has 0 aliphatic rings. The monoisotopic (exact) mass is 215 g/mol. The third-order valence-corrected chi connectivity index (χ3v) is 2.81. The van der Waals surface area contributed by atoms with Gasteiger partial charge in [0.1, 0.15) is 0 Å². The molecule has 0 bridgehead atoms. The van der Waals surface area contributed by atoms with E-state index in [2.05, 4.69) is 36.1 Å². The number of aryl methyl sites for hydroxylation is 4. The summed E-state index contributed by atoms with van der Waals surface area (Å²) < 4.78 is 1.91. The Balaban J connectivity index is 2.52. The summed E-state index contributed by atoms with van der Waals surface area (Å²) >= 11 is 0. The van der Waals surface area contributed by atoms with Gasteiger partial charge in [-0.2, -0.15) is 5.10 Å². The second kappa shape index (κ2) is 4.08. The van der Waals surface area contributed by atoms with Crippen LogP contribution in [0.3, 0.4) is 0 Å². The lowest BCUT2D eigenvalue weighted by atomic mass is 10.1. The van der Waals surface area contributed by atoms with Gasteiger partial charge in [-0.1, -0.05) is 6.92 Å². The van der Waals surface area contributed by atoms with Crippen molar-refractivity contribution in [2.45, 2.75) is 27.2 Å². The molecule has 84 valence electrons. The zero-order chi connectivity index (χ0) is 11.7. The molecule has 2 aromatic heterocycles. The lowest BCUT2D eigenvalue weighted by Gasteiger charge is -2.07. The molecule has 0 saturated heterocycles. The van der Waals surface area contributed by atoms with Crippen molar-refractivity contribution in [2.24, 2.45) is 7.05 Å². The van der Waals surface area contributed by atoms with Crippen molar-refractivity contribution in [1.29, 1.82) is 0 Å². The largest absolute Gasteiger partial charge is 0.268 e. The summed E-state index contributed by atoms with van der Waals surface area (Å²) in [5.41, 5.74) is 5.73. The van der Waals surface area contributed by atoms with Crippen molar-refractivity contribution in [1.82, 2.24) is 14.8 Å². The number of hydrogen-bond acceptors (Lipinski definition) is 2. The zero-order valence-electron chi connectivity index (χ0n) is 10.3. The van der Waals surface area contributed by atoms with E-state index in [0.29, 0.717) is 0 Å². The fourth-order valence-electron chi connectivity index (χ4n) is 1.94. The SMILES string of the molecule is CCc1cc(C)c(-c2cc(C)nn2C)cn1. The van der Waals surface area contributed by atoms with E-state index in [1.807, 2.05) is 24.9 Å². The summed E-state index contributed by atoms with van der Waals surface area (Å²) in [7, 11) is 1.97. The van der Waals surface area contributed by atoms with Gasteiger partial charge < -0.3 is 0 Å². The fraction of sp³-hybridized carbons (Fsp3) is 0.385. The minimum absolute atomic E-state index is 0.978. The zero-order valence-corrected chi connectivity index (χ0v) is 10.3. The van der Waals surface area contributed by atoms with Crippen LogP contribution in [0.2, 0.25) is 0 Å². The topological polar surface area (TPSA) is 30.7 Å². The minimum Gasteiger partial charge on any atom is -0.268 e. The van der Waals surface area contributed by atoms with Crippen molar-refractivity contribution < 1.29 is 0 Å². The van der Waals surface area contributed by atoms with Crippen molar-refractivity contribution >= 4 is 0 Å². The normalized spacial score (nSPS) is 10.8. The van der Waals surface area contributed by atoms with E-state index >= 15 is 0 Å². The molecular formula is C13H17N3. The maximum Gasteiger partial charge on any atom is 0.0699 e. The Kier molecular flexibility index (Phi) is 2.77. The first-order valence-electron chi connectivity index (χ1n) is 5.58. The molecule has 0 aliphatic heterocycles. The first-order chi connectivity index (χ1) is 7.61. The van der Waals surface area contributed by atoms with E-state index in [4.69, 9.17) is 0 Å². The quantitative estimate of drug-likeness (QED) is 0.771. The highest BCUT2D eigenvalue weighted by atomic mass is 15.3. The van der Waals surface area contributed by atoms with Gasteiger partial charge in [-0.05, 0) is 38.0 Å². The van der Waals surface area contributed by atoms with Crippen LogP contribution >= 0.6 is 0 Å². The lowest BCUT2D eigenvalue weighted by Crippen LogP contribution is -1.97. The van der Waals surface area contributed by atoms with E-state index in [-0.39, 0.29) is 0 Å². The third kappa shape index (κ3) is 1.85. The predicted octanol–water partition coefficient (Wildman–Crippen LogP) is 2.66. The minimum atomic E-state index is 0.978. The number of pyridine rings is 1. The molecule has 3 heteroatoms. The first kappa shape index (κ1) is 10.9. The maximum atomic E-state index is 4.44. The molecule has 0 amide bonds. The van der Waals surface area contributed by atoms with Gasteiger partial charge in [-0.25, -0.2) is 0 Å². The highest BCUT2D eigenvalue weighted by Gasteiger charge is 2.08. The number of nitrogens with zero attached hydrogens (tertiary/aromatic N) is 3. The van der Waals surface area contributed by atoms with Gasteiger partial charge in [0, 0.05) is 24.5 Å². The van der Waals surface area contributed by atoms with Gasteiger partial charge in [0.15, 0.2) is 0 Å². The summed E-state index contributed by atoms with van der Waals surface area (Å²) in [6.07, 6.45) is 2.93. The van der Waals surface area contributed by atoms with Crippen LogP contribution in [0.1, 0.15) is 23.9 Å². The van der Waals surface area contributed by atoms with Gasteiger partial charge >= 0.3 is 0 Å². The van der Waals surface area contributed by atoms with E-state index in [9.17, 15) is 0 Å². The van der Waals surface area contributed by atoms with Gasteiger partial charge in [0.2, 0.25) is 0 Å². The average Bonchev–Trinajstić information content (AvgIpc) is 2.57. The summed E-state index contributed by atoms with van der Waals surface area (Å²) in [4.78, 5) is 4.44. The molecule has 0 unspecified atom stereocenters. The Morgan fingerprint density at radius 1 is 1.25 bits per heavy atom. The summed E-state index contributed by atoms with van der Waals surface area (Å²) in [6, 6.07) is 4.24. The highest BCUT2D eigenvalue weighted by molar-refractivity contribution is 5.63. The van der Waals surface area contributed by atoms with Crippen LogP contribution in [0.15, 0.2) is 18.3 Å². The predicted molar refractivity (Wildman–Crippen MR) is 65.3 cm³/mol. The smallest absolute Gasteiger partial charge is 0.0699 e. The van der Waals surface area contributed by atoms with Gasteiger partial charge in [0.25, 0.3) is 0 Å². The highest BCUT2D eigenvalue weighted by Crippen LogP contribution is 2.23. The van der Waals surface area contributed by atoms with E-state index in [1.54, 1.807) is 0 Å². The van der Waals surface area contributed by atoms with Crippen molar-refractivity contribution in [3.05, 3.63) is 35.3 Å². The molecule has 2 aromatic rings. The van der Waals surface area contributed by atoms with E-state index < -0.39 is 0 Å². The molecule has 0 radical (unpaired) electrons. The van der Waals surface area contributed by atoms with Crippen molar-refractivity contribution in [2.75, 3.05) is 0 Å². The molecule has 0 atom stereocenters. The summed E-state index contributed by atoms with van der Waals surface area (Å²) in [6.45, 7) is 6.25. The van der Waals surface area contributed by atoms with E-state index in [0.717, 1.165) is 23.5 Å². The number of rotatable bonds is 2. The molecule has 2 rings (SSSR count). The van der Waals surface area contributed by atoms with Crippen LogP contribution in [0, 0.1) is 13.8 Å². The maximum absolute atomic E-state index is 4.44. The van der Waals surface area contributed by atoms with Crippen molar-refractivity contribution in [3.8, 4) is 11.3 Å². The average molecular weight is 215 g/mol. The standard InChI is InChI=1S/C13H17N3/c1-5-11-6-9(2)12(8-14-11)13-7-10(3)15-16(13)4/h6-8H,5H2,1-4H3. The van der Waals surface area contributed by atoms with Gasteiger partial charge in [-0.3, -0.25) is 9.67 Å². The molecule has 0 spiro atoms. The molecule has 3 nitrogen and oxygen atoms in total. The molecule has 0 saturated carbocycles. The van der Waals surface area contributed by atoms with Crippen LogP contribution < -0.4 is 0 Å². The van der Waals surface area contributed by atoms with Crippen LogP contribution in [-0.4, -0.2) is 14.8 Å². The number of hydrogen-bond donors (Lipinski definition) is 0. The van der Waals surface area contributed by atoms with E-state index in [1.165, 1.54) is 11.1 Å². The molecule has 0 aliphatic carbocycles. The second-order valence-electron chi connectivity index (χ2n) is 4.14. The second-order valence-corrected chi connectivity index (χ2v) is 4.14. The third-order valence-electron chi connectivity index (χ3n) is 2.81. The Hall–Kier alpha value is -1.64. The molecule has 16 heavy (non-hydrogen) atoms.